The van der Waals surface area contributed by atoms with Gasteiger partial charge in [0.25, 0.3) is 5.91 Å². The van der Waals surface area contributed by atoms with Gasteiger partial charge in [-0.25, -0.2) is 4.79 Å². The van der Waals surface area contributed by atoms with E-state index in [4.69, 9.17) is 9.47 Å². The van der Waals surface area contributed by atoms with E-state index in [0.29, 0.717) is 10.4 Å². The van der Waals surface area contributed by atoms with Gasteiger partial charge in [0.05, 0.1) is 17.6 Å². The molecule has 0 spiro atoms. The molecule has 0 radical (unpaired) electrons. The van der Waals surface area contributed by atoms with E-state index in [2.05, 4.69) is 21.2 Å². The second kappa shape index (κ2) is 17.6. The molecule has 1 fully saturated rings. The van der Waals surface area contributed by atoms with Gasteiger partial charge in [-0.2, -0.15) is 8.78 Å². The number of anilines is 1. The number of carbonyl (C=O) groups excluding carboxylic acids is 5. The van der Waals surface area contributed by atoms with E-state index in [9.17, 15) is 47.1 Å². The van der Waals surface area contributed by atoms with Gasteiger partial charge in [-0.05, 0) is 60.2 Å². The highest BCUT2D eigenvalue weighted by Crippen LogP contribution is 2.59. The lowest BCUT2D eigenvalue weighted by Gasteiger charge is -2.36. The maximum atomic E-state index is 14.6. The Labute approximate surface area is 329 Å². The SMILES string of the molecule is CCOC(=O)CO[C@H]1C[C@@H](C(=O)N(CCC(=O)N(C)C)c2ccc(Br)cc2)N(C(=O)[C@@H](NC(=O)c2cc3cc(C(F)(F)P(=O)(O)O)ccc3s2)C(C)(C)C)C1. The summed E-state index contributed by atoms with van der Waals surface area (Å²) < 4.78 is 52.3. The van der Waals surface area contributed by atoms with E-state index < -0.39 is 72.7 Å². The van der Waals surface area contributed by atoms with Gasteiger partial charge >= 0.3 is 19.2 Å². The summed E-state index contributed by atoms with van der Waals surface area (Å²) in [4.78, 5) is 90.2. The van der Waals surface area contributed by atoms with Crippen molar-refractivity contribution >= 4 is 80.2 Å². The smallest absolute Gasteiger partial charge is 0.399 e. The molecule has 3 N–H and O–H groups in total. The highest BCUT2D eigenvalue weighted by atomic mass is 79.9. The first kappa shape index (κ1) is 43.9. The molecular formula is C36H44BrF2N4O10PS. The van der Waals surface area contributed by atoms with Gasteiger partial charge in [0, 0.05) is 60.4 Å². The molecule has 2 heterocycles. The van der Waals surface area contributed by atoms with Crippen LogP contribution in [0.3, 0.4) is 0 Å². The van der Waals surface area contributed by atoms with Crippen LogP contribution in [0.4, 0.5) is 14.5 Å². The molecule has 0 aliphatic carbocycles. The number of alkyl halides is 2. The molecule has 0 unspecified atom stereocenters. The molecule has 3 atom stereocenters. The van der Waals surface area contributed by atoms with E-state index >= 15 is 0 Å². The first-order valence-electron chi connectivity index (χ1n) is 17.2. The largest absolute Gasteiger partial charge is 0.464 e. The van der Waals surface area contributed by atoms with E-state index in [1.807, 2.05) is 0 Å². The number of hydrogen-bond acceptors (Lipinski definition) is 9. The van der Waals surface area contributed by atoms with Crippen LogP contribution in [0.25, 0.3) is 10.1 Å². The second-order valence-electron chi connectivity index (χ2n) is 14.2. The molecule has 1 aliphatic heterocycles. The normalized spacial score (nSPS) is 16.8. The Morgan fingerprint density at radius 1 is 1.07 bits per heavy atom. The van der Waals surface area contributed by atoms with Crippen LogP contribution in [0, 0.1) is 5.41 Å². The molecule has 1 aliphatic rings. The molecule has 2 aromatic carbocycles. The number of hydrogen-bond donors (Lipinski definition) is 3. The Hall–Kier alpha value is -3.80. The highest BCUT2D eigenvalue weighted by molar-refractivity contribution is 9.10. The summed E-state index contributed by atoms with van der Waals surface area (Å²) in [5, 5.41) is 2.88. The number of nitrogens with one attached hydrogen (secondary N) is 1. The topological polar surface area (TPSA) is 183 Å². The van der Waals surface area contributed by atoms with Crippen LogP contribution < -0.4 is 10.2 Å². The summed E-state index contributed by atoms with van der Waals surface area (Å²) in [7, 11) is -2.65. The molecule has 55 heavy (non-hydrogen) atoms. The lowest BCUT2D eigenvalue weighted by molar-refractivity contribution is -0.150. The van der Waals surface area contributed by atoms with Crippen LogP contribution in [0.15, 0.2) is 53.0 Å². The fraction of sp³-hybridized carbons (Fsp3) is 0.472. The standard InChI is InChI=1S/C36H44BrF2N4O10PS/c1-7-52-30(45)20-53-25-18-26(33(47)42(15-14-29(44)41(5)6)24-11-9-23(37)10-12-24)43(19-25)34(48)31(35(2,3)4)40-32(46)28-17-21-16-22(8-13-27(21)55-28)36(38,39)54(49,50)51/h8-13,16-17,25-26,31H,7,14-15,18-20H2,1-6H3,(H,40,46)(H2,49,50,51)/t25-,26-,31+/m0/s1. The van der Waals surface area contributed by atoms with Gasteiger partial charge < -0.3 is 39.3 Å². The third kappa shape index (κ3) is 10.5. The minimum Gasteiger partial charge on any atom is -0.464 e. The number of fused-ring (bicyclic) bond motifs is 1. The summed E-state index contributed by atoms with van der Waals surface area (Å²) in [6.45, 7) is 6.32. The van der Waals surface area contributed by atoms with Crippen LogP contribution in [0.5, 0.6) is 0 Å². The Bertz CT molecular complexity index is 1970. The Morgan fingerprint density at radius 3 is 2.31 bits per heavy atom. The van der Waals surface area contributed by atoms with Crippen molar-refractivity contribution in [1.29, 1.82) is 0 Å². The van der Waals surface area contributed by atoms with Crippen molar-refractivity contribution in [2.45, 2.75) is 64.4 Å². The third-order valence-corrected chi connectivity index (χ3v) is 11.5. The zero-order chi connectivity index (χ0) is 41.0. The predicted octanol–water partition coefficient (Wildman–Crippen LogP) is 5.10. The third-order valence-electron chi connectivity index (χ3n) is 8.87. The first-order chi connectivity index (χ1) is 25.5. The number of nitrogens with zero attached hydrogens (tertiary/aromatic N) is 3. The van der Waals surface area contributed by atoms with Crippen molar-refractivity contribution < 1.29 is 56.6 Å². The van der Waals surface area contributed by atoms with Crippen LogP contribution in [0.2, 0.25) is 0 Å². The van der Waals surface area contributed by atoms with Crippen LogP contribution in [-0.2, 0) is 38.9 Å². The van der Waals surface area contributed by atoms with Gasteiger partial charge in [-0.1, -0.05) is 42.8 Å². The fourth-order valence-electron chi connectivity index (χ4n) is 5.91. The number of esters is 1. The Balaban J connectivity index is 1.68. The number of rotatable bonds is 14. The summed E-state index contributed by atoms with van der Waals surface area (Å²) in [5.74, 6) is -2.74. The number of carbonyl (C=O) groups is 5. The number of benzene rings is 2. The minimum atomic E-state index is -5.84. The van der Waals surface area contributed by atoms with Crippen LogP contribution in [0.1, 0.15) is 55.8 Å². The molecule has 300 valence electrons. The average Bonchev–Trinajstić information content (AvgIpc) is 3.73. The van der Waals surface area contributed by atoms with Gasteiger partial charge in [0.1, 0.15) is 18.7 Å². The zero-order valence-electron chi connectivity index (χ0n) is 31.1. The lowest BCUT2D eigenvalue weighted by atomic mass is 9.85. The molecule has 0 bridgehead atoms. The van der Waals surface area contributed by atoms with E-state index in [0.717, 1.165) is 27.9 Å². The fourth-order valence-corrected chi connectivity index (χ4v) is 7.60. The number of halogens is 3. The maximum absolute atomic E-state index is 14.6. The number of likely N-dealkylation sites (tertiary alicyclic amines) is 1. The van der Waals surface area contributed by atoms with Gasteiger partial charge in [-0.15, -0.1) is 11.3 Å². The van der Waals surface area contributed by atoms with Crippen molar-refractivity contribution in [3.63, 3.8) is 0 Å². The van der Waals surface area contributed by atoms with Crippen molar-refractivity contribution in [1.82, 2.24) is 15.1 Å². The Kier molecular flexibility index (Phi) is 14.0. The summed E-state index contributed by atoms with van der Waals surface area (Å²) in [6.07, 6.45) is -0.815. The molecule has 4 amide bonds. The summed E-state index contributed by atoms with van der Waals surface area (Å²) in [5.41, 5.74) is -5.85. The molecule has 1 saturated heterocycles. The number of amides is 4. The molecule has 0 saturated carbocycles. The average molecular weight is 874 g/mol. The zero-order valence-corrected chi connectivity index (χ0v) is 34.4. The minimum absolute atomic E-state index is 0.0126. The molecule has 14 nitrogen and oxygen atoms in total. The highest BCUT2D eigenvalue weighted by Gasteiger charge is 2.50. The van der Waals surface area contributed by atoms with Crippen molar-refractivity contribution in [3.8, 4) is 0 Å². The van der Waals surface area contributed by atoms with Crippen LogP contribution in [-0.4, -0.2) is 108 Å². The summed E-state index contributed by atoms with van der Waals surface area (Å²) in [6, 6.07) is 8.75. The number of ether oxygens (including phenoxy) is 2. The maximum Gasteiger partial charge on any atom is 0.399 e. The van der Waals surface area contributed by atoms with Gasteiger partial charge in [0.15, 0.2) is 0 Å². The molecule has 1 aromatic heterocycles. The molecule has 3 aromatic rings. The van der Waals surface area contributed by atoms with Gasteiger partial charge in [-0.3, -0.25) is 23.7 Å². The van der Waals surface area contributed by atoms with E-state index in [1.54, 1.807) is 66.1 Å². The van der Waals surface area contributed by atoms with Crippen molar-refractivity contribution in [2.75, 3.05) is 45.3 Å². The van der Waals surface area contributed by atoms with Crippen molar-refractivity contribution in [3.05, 3.63) is 63.4 Å². The second-order valence-corrected chi connectivity index (χ2v) is 17.9. The quantitative estimate of drug-likeness (QED) is 0.146. The van der Waals surface area contributed by atoms with Crippen molar-refractivity contribution in [2.24, 2.45) is 5.41 Å². The number of thiophene rings is 1. The van der Waals surface area contributed by atoms with Gasteiger partial charge in [0.2, 0.25) is 17.7 Å². The predicted molar refractivity (Wildman–Crippen MR) is 205 cm³/mol. The first-order valence-corrected chi connectivity index (χ1v) is 20.4. The molecule has 19 heteroatoms. The lowest BCUT2D eigenvalue weighted by Crippen LogP contribution is -2.58. The van der Waals surface area contributed by atoms with Crippen LogP contribution >= 0.6 is 34.9 Å². The molecular weight excluding hydrogens is 829 g/mol. The summed E-state index contributed by atoms with van der Waals surface area (Å²) >= 11 is 4.32. The van der Waals surface area contributed by atoms with E-state index in [1.165, 1.54) is 26.8 Å². The molecule has 4 rings (SSSR count). The monoisotopic (exact) mass is 872 g/mol. The van der Waals surface area contributed by atoms with E-state index in [-0.39, 0.29) is 48.7 Å². The Morgan fingerprint density at radius 2 is 1.73 bits per heavy atom.